The predicted molar refractivity (Wildman–Crippen MR) is 94.0 cm³/mol. The van der Waals surface area contributed by atoms with Gasteiger partial charge in [0.15, 0.2) is 11.6 Å². The summed E-state index contributed by atoms with van der Waals surface area (Å²) in [5.41, 5.74) is 1.99. The number of carbonyl (C=O) groups excluding carboxylic acids is 2. The normalized spacial score (nSPS) is 10.5. The van der Waals surface area contributed by atoms with Crippen molar-refractivity contribution < 1.29 is 9.59 Å². The van der Waals surface area contributed by atoms with E-state index in [-0.39, 0.29) is 11.6 Å². The zero-order valence-corrected chi connectivity index (χ0v) is 13.8. The maximum atomic E-state index is 12.3. The number of rotatable bonds is 9. The molecule has 0 aliphatic heterocycles. The molecule has 2 aromatic rings. The zero-order chi connectivity index (χ0) is 16.5. The molecular formula is C21H24O2. The lowest BCUT2D eigenvalue weighted by molar-refractivity contribution is 0.0977. The third-order valence-electron chi connectivity index (χ3n) is 4.01. The molecule has 120 valence electrons. The molecule has 0 unspecified atom stereocenters. The summed E-state index contributed by atoms with van der Waals surface area (Å²) in [6.45, 7) is 2.18. The Morgan fingerprint density at radius 3 is 1.91 bits per heavy atom. The predicted octanol–water partition coefficient (Wildman–Crippen LogP) is 5.46. The first-order valence-electron chi connectivity index (χ1n) is 8.45. The average molecular weight is 308 g/mol. The molecule has 0 N–H and O–H groups in total. The van der Waals surface area contributed by atoms with Crippen LogP contribution in [-0.2, 0) is 0 Å². The molecule has 0 saturated heterocycles. The monoisotopic (exact) mass is 308 g/mol. The topological polar surface area (TPSA) is 34.1 Å². The lowest BCUT2D eigenvalue weighted by atomic mass is 9.99. The second kappa shape index (κ2) is 9.04. The van der Waals surface area contributed by atoms with Crippen molar-refractivity contribution in [3.8, 4) is 0 Å². The minimum Gasteiger partial charge on any atom is -0.294 e. The highest BCUT2D eigenvalue weighted by Crippen LogP contribution is 2.14. The van der Waals surface area contributed by atoms with Gasteiger partial charge in [-0.2, -0.15) is 0 Å². The van der Waals surface area contributed by atoms with Gasteiger partial charge in [-0.05, 0) is 6.42 Å². The van der Waals surface area contributed by atoms with Gasteiger partial charge in [-0.3, -0.25) is 9.59 Å². The Morgan fingerprint density at radius 1 is 0.696 bits per heavy atom. The van der Waals surface area contributed by atoms with Crippen LogP contribution in [0.4, 0.5) is 0 Å². The van der Waals surface area contributed by atoms with Gasteiger partial charge in [0.25, 0.3) is 0 Å². The molecule has 0 fully saturated rings. The van der Waals surface area contributed by atoms with Crippen molar-refractivity contribution >= 4 is 11.6 Å². The summed E-state index contributed by atoms with van der Waals surface area (Å²) < 4.78 is 0. The number of hydrogen-bond donors (Lipinski definition) is 0. The van der Waals surface area contributed by atoms with Gasteiger partial charge >= 0.3 is 0 Å². The molecule has 2 aromatic carbocycles. The molecule has 2 nitrogen and oxygen atoms in total. The number of Topliss-reactive ketones (excluding diaryl/α,β-unsaturated/α-hetero) is 1. The molecule has 0 spiro atoms. The molecule has 0 radical (unpaired) electrons. The summed E-state index contributed by atoms with van der Waals surface area (Å²) in [7, 11) is 0. The fourth-order valence-electron chi connectivity index (χ4n) is 2.60. The van der Waals surface area contributed by atoms with Crippen LogP contribution in [0.1, 0.15) is 71.7 Å². The highest BCUT2D eigenvalue weighted by Gasteiger charge is 2.10. The lowest BCUT2D eigenvalue weighted by Gasteiger charge is -2.04. The number of hydrogen-bond acceptors (Lipinski definition) is 2. The van der Waals surface area contributed by atoms with Gasteiger partial charge in [0, 0.05) is 23.1 Å². The van der Waals surface area contributed by atoms with Gasteiger partial charge < -0.3 is 0 Å². The van der Waals surface area contributed by atoms with Gasteiger partial charge in [-0.25, -0.2) is 0 Å². The Balaban J connectivity index is 1.91. The van der Waals surface area contributed by atoms with Crippen molar-refractivity contribution in [2.75, 3.05) is 0 Å². The van der Waals surface area contributed by atoms with Crippen LogP contribution in [0.15, 0.2) is 54.6 Å². The van der Waals surface area contributed by atoms with E-state index in [1.165, 1.54) is 19.3 Å². The fourth-order valence-corrected chi connectivity index (χ4v) is 2.60. The number of carbonyl (C=O) groups is 2. The van der Waals surface area contributed by atoms with Crippen molar-refractivity contribution in [1.29, 1.82) is 0 Å². The summed E-state index contributed by atoms with van der Waals surface area (Å²) in [4.78, 5) is 24.5. The molecule has 0 aliphatic rings. The van der Waals surface area contributed by atoms with Crippen molar-refractivity contribution in [3.63, 3.8) is 0 Å². The van der Waals surface area contributed by atoms with Crippen molar-refractivity contribution in [2.24, 2.45) is 0 Å². The quantitative estimate of drug-likeness (QED) is 0.455. The van der Waals surface area contributed by atoms with Crippen LogP contribution < -0.4 is 0 Å². The Kier molecular flexibility index (Phi) is 6.74. The lowest BCUT2D eigenvalue weighted by Crippen LogP contribution is -2.03. The summed E-state index contributed by atoms with van der Waals surface area (Å²) in [6, 6.07) is 16.2. The number of unbranched alkanes of at least 4 members (excludes halogenated alkanes) is 4. The Labute approximate surface area is 138 Å². The highest BCUT2D eigenvalue weighted by molar-refractivity contribution is 6.09. The molecule has 2 rings (SSSR count). The molecule has 23 heavy (non-hydrogen) atoms. The first-order valence-corrected chi connectivity index (χ1v) is 8.45. The Bertz CT molecular complexity index is 627. The van der Waals surface area contributed by atoms with E-state index in [2.05, 4.69) is 6.92 Å². The SMILES string of the molecule is CCCCCCCC(=O)c1ccc(C(=O)c2ccccc2)cc1. The van der Waals surface area contributed by atoms with E-state index < -0.39 is 0 Å². The minimum atomic E-state index is -0.0100. The van der Waals surface area contributed by atoms with Crippen LogP contribution >= 0.6 is 0 Å². The first kappa shape index (κ1) is 17.1. The molecule has 0 atom stereocenters. The summed E-state index contributed by atoms with van der Waals surface area (Å²) in [6.07, 6.45) is 6.31. The molecule has 0 aliphatic carbocycles. The van der Waals surface area contributed by atoms with Gasteiger partial charge in [-0.1, -0.05) is 87.2 Å². The van der Waals surface area contributed by atoms with Gasteiger partial charge in [0.2, 0.25) is 0 Å². The molecule has 0 aromatic heterocycles. The second-order valence-corrected chi connectivity index (χ2v) is 5.86. The summed E-state index contributed by atoms with van der Waals surface area (Å²) >= 11 is 0. The largest absolute Gasteiger partial charge is 0.294 e. The van der Waals surface area contributed by atoms with Crippen LogP contribution in [0.3, 0.4) is 0 Å². The van der Waals surface area contributed by atoms with E-state index in [1.54, 1.807) is 36.4 Å². The molecule has 0 heterocycles. The first-order chi connectivity index (χ1) is 11.2. The zero-order valence-electron chi connectivity index (χ0n) is 13.8. The molecule has 0 bridgehead atoms. The second-order valence-electron chi connectivity index (χ2n) is 5.86. The van der Waals surface area contributed by atoms with Crippen molar-refractivity contribution in [2.45, 2.75) is 45.4 Å². The third-order valence-corrected chi connectivity index (χ3v) is 4.01. The van der Waals surface area contributed by atoms with E-state index in [1.807, 2.05) is 18.2 Å². The van der Waals surface area contributed by atoms with E-state index in [0.717, 1.165) is 12.8 Å². The maximum absolute atomic E-state index is 12.3. The van der Waals surface area contributed by atoms with E-state index >= 15 is 0 Å². The summed E-state index contributed by atoms with van der Waals surface area (Å²) in [5, 5.41) is 0. The van der Waals surface area contributed by atoms with Crippen molar-refractivity contribution in [3.05, 3.63) is 71.3 Å². The smallest absolute Gasteiger partial charge is 0.193 e. The van der Waals surface area contributed by atoms with Crippen molar-refractivity contribution in [1.82, 2.24) is 0 Å². The van der Waals surface area contributed by atoms with Gasteiger partial charge in [-0.15, -0.1) is 0 Å². The van der Waals surface area contributed by atoms with E-state index in [0.29, 0.717) is 23.1 Å². The standard InChI is InChI=1S/C21H24O2/c1-2-3-4-5-9-12-20(22)17-13-15-19(16-14-17)21(23)18-10-7-6-8-11-18/h6-8,10-11,13-16H,2-5,9,12H2,1H3. The Morgan fingerprint density at radius 2 is 1.26 bits per heavy atom. The molecule has 2 heteroatoms. The maximum Gasteiger partial charge on any atom is 0.193 e. The summed E-state index contributed by atoms with van der Waals surface area (Å²) in [5.74, 6) is 0.157. The van der Waals surface area contributed by atoms with Gasteiger partial charge in [0.05, 0.1) is 0 Å². The molecule has 0 amide bonds. The van der Waals surface area contributed by atoms with Crippen LogP contribution in [0.5, 0.6) is 0 Å². The molecule has 0 saturated carbocycles. The number of ketones is 2. The number of benzene rings is 2. The third kappa shape index (κ3) is 5.17. The van der Waals surface area contributed by atoms with E-state index in [9.17, 15) is 9.59 Å². The average Bonchev–Trinajstić information content (AvgIpc) is 2.61. The van der Waals surface area contributed by atoms with Crippen LogP contribution in [0.2, 0.25) is 0 Å². The Hall–Kier alpha value is -2.22. The van der Waals surface area contributed by atoms with Crippen LogP contribution in [-0.4, -0.2) is 11.6 Å². The van der Waals surface area contributed by atoms with E-state index in [4.69, 9.17) is 0 Å². The minimum absolute atomic E-state index is 0.0100. The highest BCUT2D eigenvalue weighted by atomic mass is 16.1. The molecular weight excluding hydrogens is 284 g/mol. The van der Waals surface area contributed by atoms with Crippen LogP contribution in [0, 0.1) is 0 Å². The van der Waals surface area contributed by atoms with Gasteiger partial charge in [0.1, 0.15) is 0 Å². The fraction of sp³-hybridized carbons (Fsp3) is 0.333. The van der Waals surface area contributed by atoms with Crippen LogP contribution in [0.25, 0.3) is 0 Å².